The summed E-state index contributed by atoms with van der Waals surface area (Å²) < 4.78 is 13.0. The molecule has 1 aromatic carbocycles. The van der Waals surface area contributed by atoms with Crippen molar-refractivity contribution in [1.82, 2.24) is 0 Å². The van der Waals surface area contributed by atoms with Gasteiger partial charge >= 0.3 is 0 Å². The minimum absolute atomic E-state index is 0.0783. The second kappa shape index (κ2) is 3.99. The molecule has 0 aliphatic rings. The first-order valence-corrected chi connectivity index (χ1v) is 3.87. The summed E-state index contributed by atoms with van der Waals surface area (Å²) in [6.07, 6.45) is 0.233. The van der Waals surface area contributed by atoms with E-state index in [-0.39, 0.29) is 17.4 Å². The molecule has 0 fully saturated rings. The van der Waals surface area contributed by atoms with Gasteiger partial charge in [-0.1, -0.05) is 0 Å². The van der Waals surface area contributed by atoms with Crippen LogP contribution >= 0.6 is 11.6 Å². The van der Waals surface area contributed by atoms with Gasteiger partial charge in [0.05, 0.1) is 17.2 Å². The van der Waals surface area contributed by atoms with E-state index in [0.717, 1.165) is 12.1 Å². The number of hydrogen-bond donors (Lipinski definition) is 0. The van der Waals surface area contributed by atoms with Crippen LogP contribution in [0.5, 0.6) is 0 Å². The lowest BCUT2D eigenvalue weighted by molar-refractivity contribution is 0.106. The van der Waals surface area contributed by atoms with Crippen LogP contribution in [0.4, 0.5) is 4.39 Å². The van der Waals surface area contributed by atoms with Crippen LogP contribution in [0.1, 0.15) is 26.3 Å². The average molecular weight is 212 g/mol. The molecule has 3 nitrogen and oxygen atoms in total. The molecular weight excluding hydrogens is 209 g/mol. The summed E-state index contributed by atoms with van der Waals surface area (Å²) in [6, 6.07) is 3.69. The molecule has 0 heterocycles. The van der Waals surface area contributed by atoms with Crippen molar-refractivity contribution in [3.05, 3.63) is 34.6 Å². The van der Waals surface area contributed by atoms with E-state index in [1.165, 1.54) is 0 Å². The van der Waals surface area contributed by atoms with Crippen molar-refractivity contribution >= 4 is 23.1 Å². The fourth-order valence-electron chi connectivity index (χ4n) is 1.01. The van der Waals surface area contributed by atoms with Crippen molar-refractivity contribution in [2.24, 2.45) is 0 Å². The Kier molecular flexibility index (Phi) is 2.95. The minimum Gasteiger partial charge on any atom is -0.298 e. The molecule has 0 spiro atoms. The molecule has 0 amide bonds. The van der Waals surface area contributed by atoms with E-state index in [1.807, 2.05) is 0 Å². The second-order valence-electron chi connectivity index (χ2n) is 2.39. The number of carbonyl (C=O) groups excluding carboxylic acids is 2. The zero-order chi connectivity index (χ0) is 10.7. The summed E-state index contributed by atoms with van der Waals surface area (Å²) in [6.45, 7) is 0. The Morgan fingerprint density at radius 2 is 2.21 bits per heavy atom. The number of benzene rings is 1. The van der Waals surface area contributed by atoms with E-state index in [9.17, 15) is 14.0 Å². The van der Waals surface area contributed by atoms with Crippen molar-refractivity contribution < 1.29 is 14.0 Å². The molecule has 1 rings (SSSR count). The van der Waals surface area contributed by atoms with Crippen molar-refractivity contribution in [1.29, 1.82) is 5.26 Å². The third-order valence-corrected chi connectivity index (χ3v) is 1.82. The number of hydrogen-bond acceptors (Lipinski definition) is 3. The minimum atomic E-state index is -1.10. The fraction of sp³-hybridized carbons (Fsp3) is 0. The number of aldehydes is 1. The van der Waals surface area contributed by atoms with Gasteiger partial charge in [-0.15, -0.1) is 0 Å². The summed E-state index contributed by atoms with van der Waals surface area (Å²) in [5.41, 5.74) is -0.946. The smallest absolute Gasteiger partial charge is 0.256 e. The molecule has 0 aliphatic carbocycles. The molecule has 5 heteroatoms. The molecule has 0 aliphatic heterocycles. The number of nitrogens with zero attached hydrogens (tertiary/aromatic N) is 1. The maximum Gasteiger partial charge on any atom is 0.256 e. The highest BCUT2D eigenvalue weighted by Crippen LogP contribution is 2.18. The van der Waals surface area contributed by atoms with Crippen LogP contribution in [0.2, 0.25) is 0 Å². The molecule has 70 valence electrons. The van der Waals surface area contributed by atoms with Gasteiger partial charge in [-0.2, -0.15) is 5.26 Å². The third-order valence-electron chi connectivity index (χ3n) is 1.63. The zero-order valence-electron chi connectivity index (χ0n) is 6.75. The van der Waals surface area contributed by atoms with Gasteiger partial charge < -0.3 is 0 Å². The zero-order valence-corrected chi connectivity index (χ0v) is 7.51. The van der Waals surface area contributed by atoms with E-state index >= 15 is 0 Å². The number of nitriles is 1. The Hall–Kier alpha value is -1.73. The Morgan fingerprint density at radius 1 is 1.57 bits per heavy atom. The average Bonchev–Trinajstić information content (AvgIpc) is 2.16. The second-order valence-corrected chi connectivity index (χ2v) is 2.73. The summed E-state index contributed by atoms with van der Waals surface area (Å²) in [5.74, 6) is -0.911. The first-order valence-electron chi connectivity index (χ1n) is 3.49. The van der Waals surface area contributed by atoms with Gasteiger partial charge in [-0.05, 0) is 23.7 Å². The Bertz CT molecular complexity index is 451. The van der Waals surface area contributed by atoms with Crippen LogP contribution in [0.15, 0.2) is 12.1 Å². The Balaban J connectivity index is 3.61. The molecule has 0 aromatic heterocycles. The first-order chi connectivity index (χ1) is 6.61. The van der Waals surface area contributed by atoms with E-state index in [4.69, 9.17) is 16.9 Å². The summed E-state index contributed by atoms with van der Waals surface area (Å²) in [7, 11) is 0. The highest BCUT2D eigenvalue weighted by molar-refractivity contribution is 6.68. The third kappa shape index (κ3) is 1.63. The van der Waals surface area contributed by atoms with Crippen molar-refractivity contribution in [3.63, 3.8) is 0 Å². The Morgan fingerprint density at radius 3 is 2.64 bits per heavy atom. The quantitative estimate of drug-likeness (QED) is 0.554. The van der Waals surface area contributed by atoms with Crippen LogP contribution < -0.4 is 0 Å². The molecule has 0 saturated heterocycles. The maximum absolute atomic E-state index is 13.0. The molecule has 14 heavy (non-hydrogen) atoms. The number of carbonyl (C=O) groups is 2. The van der Waals surface area contributed by atoms with Gasteiger partial charge in [-0.3, -0.25) is 9.59 Å². The fourth-order valence-corrected chi connectivity index (χ4v) is 1.20. The highest BCUT2D eigenvalue weighted by atomic mass is 35.5. The topological polar surface area (TPSA) is 57.9 Å². The normalized spacial score (nSPS) is 9.21. The predicted octanol–water partition coefficient (Wildman–Crippen LogP) is 1.89. The standard InChI is InChI=1S/C9H3ClFNO2/c10-9(14)8-6(4-13)5(3-12)1-2-7(8)11/h1-2,4H. The summed E-state index contributed by atoms with van der Waals surface area (Å²) in [5, 5.41) is 7.47. The largest absolute Gasteiger partial charge is 0.298 e. The lowest BCUT2D eigenvalue weighted by atomic mass is 10.0. The molecule has 0 atom stereocenters. The van der Waals surface area contributed by atoms with Gasteiger partial charge in [0.25, 0.3) is 5.24 Å². The van der Waals surface area contributed by atoms with E-state index < -0.39 is 16.6 Å². The lowest BCUT2D eigenvalue weighted by Crippen LogP contribution is -2.03. The Labute approximate surface area is 83.7 Å². The molecule has 0 N–H and O–H groups in total. The van der Waals surface area contributed by atoms with Crippen LogP contribution in [-0.2, 0) is 0 Å². The van der Waals surface area contributed by atoms with Crippen molar-refractivity contribution in [3.8, 4) is 6.07 Å². The van der Waals surface area contributed by atoms with Crippen LogP contribution in [0.25, 0.3) is 0 Å². The molecule has 0 radical (unpaired) electrons. The SMILES string of the molecule is N#Cc1ccc(F)c(C(=O)Cl)c1C=O. The lowest BCUT2D eigenvalue weighted by Gasteiger charge is -2.02. The predicted molar refractivity (Wildman–Crippen MR) is 46.7 cm³/mol. The molecule has 0 saturated carbocycles. The van der Waals surface area contributed by atoms with E-state index in [1.54, 1.807) is 6.07 Å². The maximum atomic E-state index is 13.0. The van der Waals surface area contributed by atoms with E-state index in [2.05, 4.69) is 0 Å². The van der Waals surface area contributed by atoms with E-state index in [0.29, 0.717) is 0 Å². The van der Waals surface area contributed by atoms with Crippen molar-refractivity contribution in [2.45, 2.75) is 0 Å². The van der Waals surface area contributed by atoms with Crippen LogP contribution in [-0.4, -0.2) is 11.5 Å². The molecule has 0 unspecified atom stereocenters. The van der Waals surface area contributed by atoms with Gasteiger partial charge in [0.2, 0.25) is 0 Å². The van der Waals surface area contributed by atoms with Crippen molar-refractivity contribution in [2.75, 3.05) is 0 Å². The van der Waals surface area contributed by atoms with Gasteiger partial charge in [0, 0.05) is 5.56 Å². The summed E-state index contributed by atoms with van der Waals surface area (Å²) >= 11 is 5.07. The monoisotopic (exact) mass is 211 g/mol. The summed E-state index contributed by atoms with van der Waals surface area (Å²) in [4.78, 5) is 21.3. The van der Waals surface area contributed by atoms with Gasteiger partial charge in [-0.25, -0.2) is 4.39 Å². The highest BCUT2D eigenvalue weighted by Gasteiger charge is 2.17. The number of halogens is 2. The molecule has 0 bridgehead atoms. The van der Waals surface area contributed by atoms with Gasteiger partial charge in [0.15, 0.2) is 6.29 Å². The van der Waals surface area contributed by atoms with Crippen LogP contribution in [0.3, 0.4) is 0 Å². The number of rotatable bonds is 2. The first kappa shape index (κ1) is 10.4. The molecular formula is C9H3ClFNO2. The molecule has 1 aromatic rings. The van der Waals surface area contributed by atoms with Gasteiger partial charge in [0.1, 0.15) is 5.82 Å². The van der Waals surface area contributed by atoms with Crippen LogP contribution in [0, 0.1) is 17.1 Å².